The van der Waals surface area contributed by atoms with E-state index in [1.165, 1.54) is 16.7 Å². The van der Waals surface area contributed by atoms with Crippen molar-refractivity contribution in [3.05, 3.63) is 34.4 Å². The first-order valence-electron chi connectivity index (χ1n) is 6.96. The molecule has 3 nitrogen and oxygen atoms in total. The average molecular weight is 263 g/mol. The molecular formula is C16H25NO2. The number of aliphatic hydroxyl groups is 1. The zero-order valence-electron chi connectivity index (χ0n) is 12.4. The van der Waals surface area contributed by atoms with E-state index in [0.717, 1.165) is 18.4 Å². The summed E-state index contributed by atoms with van der Waals surface area (Å²) in [6.45, 7) is 8.50. The van der Waals surface area contributed by atoms with Crippen molar-refractivity contribution in [2.75, 3.05) is 6.61 Å². The Hall–Kier alpha value is -1.35. The molecule has 0 aliphatic rings. The second-order valence-electron chi connectivity index (χ2n) is 5.08. The minimum absolute atomic E-state index is 0.0114. The molecule has 0 saturated carbocycles. The fourth-order valence-electron chi connectivity index (χ4n) is 2.28. The summed E-state index contributed by atoms with van der Waals surface area (Å²) in [5.41, 5.74) is 4.79. The van der Waals surface area contributed by atoms with Crippen molar-refractivity contribution in [1.82, 2.24) is 0 Å². The van der Waals surface area contributed by atoms with Gasteiger partial charge in [-0.25, -0.2) is 0 Å². The standard InChI is InChI=1S/C16H25NO2/c1-5-6-15(7-8-18)19-17-11-16-13(3)9-12(2)10-14(16)4/h9-11,15,18H,5-8H2,1-4H3/b17-11+/t15-/m1/s1. The van der Waals surface area contributed by atoms with Crippen LogP contribution in [0, 0.1) is 20.8 Å². The zero-order chi connectivity index (χ0) is 14.3. The van der Waals surface area contributed by atoms with Crippen LogP contribution >= 0.6 is 0 Å². The van der Waals surface area contributed by atoms with Crippen LogP contribution in [0.3, 0.4) is 0 Å². The third-order valence-electron chi connectivity index (χ3n) is 3.19. The Bertz CT molecular complexity index is 398. The van der Waals surface area contributed by atoms with Gasteiger partial charge in [0.1, 0.15) is 6.10 Å². The molecule has 0 saturated heterocycles. The first-order chi connectivity index (χ1) is 9.08. The van der Waals surface area contributed by atoms with Gasteiger partial charge in [-0.2, -0.15) is 0 Å². The van der Waals surface area contributed by atoms with Crippen molar-refractivity contribution in [1.29, 1.82) is 0 Å². The Morgan fingerprint density at radius 3 is 2.37 bits per heavy atom. The predicted octanol–water partition coefficient (Wildman–Crippen LogP) is 3.51. The summed E-state index contributed by atoms with van der Waals surface area (Å²) >= 11 is 0. The first kappa shape index (κ1) is 15.7. The van der Waals surface area contributed by atoms with E-state index >= 15 is 0 Å². The lowest BCUT2D eigenvalue weighted by atomic mass is 10.0. The topological polar surface area (TPSA) is 41.8 Å². The lowest BCUT2D eigenvalue weighted by Crippen LogP contribution is -2.11. The number of rotatable bonds is 7. The number of benzene rings is 1. The maximum atomic E-state index is 8.97. The van der Waals surface area contributed by atoms with Crippen LogP contribution < -0.4 is 0 Å². The van der Waals surface area contributed by atoms with Crippen molar-refractivity contribution in [2.24, 2.45) is 5.16 Å². The van der Waals surface area contributed by atoms with E-state index in [4.69, 9.17) is 9.94 Å². The van der Waals surface area contributed by atoms with Crippen molar-refractivity contribution < 1.29 is 9.94 Å². The van der Waals surface area contributed by atoms with E-state index in [2.05, 4.69) is 45.0 Å². The van der Waals surface area contributed by atoms with E-state index in [0.29, 0.717) is 6.42 Å². The minimum atomic E-state index is 0.0114. The summed E-state index contributed by atoms with van der Waals surface area (Å²) in [4.78, 5) is 5.48. The smallest absolute Gasteiger partial charge is 0.129 e. The predicted molar refractivity (Wildman–Crippen MR) is 79.7 cm³/mol. The van der Waals surface area contributed by atoms with Gasteiger partial charge in [0.25, 0.3) is 0 Å². The quantitative estimate of drug-likeness (QED) is 0.604. The van der Waals surface area contributed by atoms with E-state index < -0.39 is 0 Å². The van der Waals surface area contributed by atoms with Gasteiger partial charge in [-0.3, -0.25) is 0 Å². The highest BCUT2D eigenvalue weighted by Gasteiger charge is 2.07. The van der Waals surface area contributed by atoms with Crippen LogP contribution in [0.1, 0.15) is 48.4 Å². The summed E-state index contributed by atoms with van der Waals surface area (Å²) in [6.07, 6.45) is 4.38. The van der Waals surface area contributed by atoms with Gasteiger partial charge >= 0.3 is 0 Å². The summed E-state index contributed by atoms with van der Waals surface area (Å²) < 4.78 is 0. The molecule has 1 atom stereocenters. The molecule has 1 aromatic rings. The van der Waals surface area contributed by atoms with Gasteiger partial charge in [0.15, 0.2) is 0 Å². The van der Waals surface area contributed by atoms with Crippen LogP contribution in [0.25, 0.3) is 0 Å². The lowest BCUT2D eigenvalue weighted by Gasteiger charge is -2.12. The Kier molecular flexibility index (Phi) is 6.57. The zero-order valence-corrected chi connectivity index (χ0v) is 12.4. The van der Waals surface area contributed by atoms with Crippen molar-refractivity contribution in [3.63, 3.8) is 0 Å². The highest BCUT2D eigenvalue weighted by molar-refractivity contribution is 5.83. The fraction of sp³-hybridized carbons (Fsp3) is 0.562. The van der Waals surface area contributed by atoms with Gasteiger partial charge in [-0.15, -0.1) is 0 Å². The molecule has 106 valence electrons. The second-order valence-corrected chi connectivity index (χ2v) is 5.08. The van der Waals surface area contributed by atoms with E-state index in [1.54, 1.807) is 6.21 Å². The monoisotopic (exact) mass is 263 g/mol. The molecule has 0 radical (unpaired) electrons. The largest absolute Gasteiger partial charge is 0.396 e. The summed E-state index contributed by atoms with van der Waals surface area (Å²) in [5.74, 6) is 0. The highest BCUT2D eigenvalue weighted by atomic mass is 16.6. The Labute approximate surface area is 116 Å². The molecule has 0 aliphatic heterocycles. The van der Waals surface area contributed by atoms with Gasteiger partial charge in [-0.1, -0.05) is 36.2 Å². The van der Waals surface area contributed by atoms with Crippen molar-refractivity contribution in [2.45, 2.75) is 53.1 Å². The minimum Gasteiger partial charge on any atom is -0.396 e. The normalized spacial score (nSPS) is 12.9. The number of aryl methyl sites for hydroxylation is 3. The molecule has 19 heavy (non-hydrogen) atoms. The maximum absolute atomic E-state index is 8.97. The van der Waals surface area contributed by atoms with Crippen LogP contribution in [0.5, 0.6) is 0 Å². The number of hydrogen-bond donors (Lipinski definition) is 1. The molecule has 0 heterocycles. The van der Waals surface area contributed by atoms with Crippen LogP contribution in [-0.2, 0) is 4.84 Å². The Morgan fingerprint density at radius 1 is 1.21 bits per heavy atom. The van der Waals surface area contributed by atoms with E-state index in [-0.39, 0.29) is 12.7 Å². The fourth-order valence-corrected chi connectivity index (χ4v) is 2.28. The second kappa shape index (κ2) is 7.95. The van der Waals surface area contributed by atoms with Crippen LogP contribution in [0.15, 0.2) is 17.3 Å². The average Bonchev–Trinajstić information content (AvgIpc) is 2.32. The third kappa shape index (κ3) is 5.03. The molecule has 0 spiro atoms. The number of oxime groups is 1. The van der Waals surface area contributed by atoms with Gasteiger partial charge < -0.3 is 9.94 Å². The van der Waals surface area contributed by atoms with Gasteiger partial charge in [0.05, 0.1) is 6.21 Å². The molecule has 0 aromatic heterocycles. The lowest BCUT2D eigenvalue weighted by molar-refractivity contribution is 0.0353. The summed E-state index contributed by atoms with van der Waals surface area (Å²) in [5, 5.41) is 13.1. The van der Waals surface area contributed by atoms with Crippen molar-refractivity contribution >= 4 is 6.21 Å². The molecule has 1 N–H and O–H groups in total. The van der Waals surface area contributed by atoms with Gasteiger partial charge in [0.2, 0.25) is 0 Å². The van der Waals surface area contributed by atoms with E-state index in [1.807, 2.05) is 0 Å². The Morgan fingerprint density at radius 2 is 1.84 bits per heavy atom. The number of nitrogens with zero attached hydrogens (tertiary/aromatic N) is 1. The first-order valence-corrected chi connectivity index (χ1v) is 6.96. The number of hydrogen-bond acceptors (Lipinski definition) is 3. The summed E-state index contributed by atoms with van der Waals surface area (Å²) in [6, 6.07) is 4.29. The summed E-state index contributed by atoms with van der Waals surface area (Å²) in [7, 11) is 0. The Balaban J connectivity index is 2.70. The van der Waals surface area contributed by atoms with Gasteiger partial charge in [0, 0.05) is 18.6 Å². The van der Waals surface area contributed by atoms with Crippen LogP contribution in [-0.4, -0.2) is 24.0 Å². The van der Waals surface area contributed by atoms with Crippen LogP contribution in [0.2, 0.25) is 0 Å². The molecule has 1 aromatic carbocycles. The molecule has 0 aliphatic carbocycles. The maximum Gasteiger partial charge on any atom is 0.129 e. The molecular weight excluding hydrogens is 238 g/mol. The van der Waals surface area contributed by atoms with Gasteiger partial charge in [-0.05, 0) is 38.3 Å². The van der Waals surface area contributed by atoms with Crippen molar-refractivity contribution in [3.8, 4) is 0 Å². The molecule has 1 rings (SSSR count). The SMILES string of the molecule is CCC[C@H](CCO)O/N=C/c1c(C)cc(C)cc1C. The number of aliphatic hydroxyl groups excluding tert-OH is 1. The molecule has 0 fully saturated rings. The van der Waals surface area contributed by atoms with E-state index in [9.17, 15) is 0 Å². The molecule has 0 bridgehead atoms. The third-order valence-corrected chi connectivity index (χ3v) is 3.19. The molecule has 0 amide bonds. The molecule has 3 heteroatoms. The van der Waals surface area contributed by atoms with Crippen LogP contribution in [0.4, 0.5) is 0 Å². The molecule has 0 unspecified atom stereocenters. The highest BCUT2D eigenvalue weighted by Crippen LogP contribution is 2.15.